The van der Waals surface area contributed by atoms with E-state index in [1.54, 1.807) is 7.11 Å². The average Bonchev–Trinajstić information content (AvgIpc) is 3.00. The third-order valence-corrected chi connectivity index (χ3v) is 4.01. The predicted octanol–water partition coefficient (Wildman–Crippen LogP) is 1.83. The summed E-state index contributed by atoms with van der Waals surface area (Å²) in [5.74, 6) is -0.260. The molecule has 126 valence electrons. The first-order valence-electron chi connectivity index (χ1n) is 7.32. The molecule has 0 radical (unpaired) electrons. The van der Waals surface area contributed by atoms with E-state index in [-0.39, 0.29) is 13.0 Å². The van der Waals surface area contributed by atoms with Gasteiger partial charge in [0.1, 0.15) is 17.9 Å². The van der Waals surface area contributed by atoms with Gasteiger partial charge in [-0.15, -0.1) is 0 Å². The molecule has 2 aromatic rings. The summed E-state index contributed by atoms with van der Waals surface area (Å²) in [6, 6.07) is 6.25. The molecule has 24 heavy (non-hydrogen) atoms. The monoisotopic (exact) mass is 332 g/mol. The van der Waals surface area contributed by atoms with E-state index in [4.69, 9.17) is 19.7 Å². The van der Waals surface area contributed by atoms with Gasteiger partial charge in [-0.1, -0.05) is 18.2 Å². The van der Waals surface area contributed by atoms with Crippen molar-refractivity contribution in [2.75, 3.05) is 13.7 Å². The normalized spacial score (nSPS) is 20.1. The molecular formula is C16H16N2O6. The van der Waals surface area contributed by atoms with Gasteiger partial charge in [-0.25, -0.2) is 14.6 Å². The van der Waals surface area contributed by atoms with Gasteiger partial charge in [0.15, 0.2) is 0 Å². The number of ether oxygens (including phenoxy) is 2. The first-order valence-corrected chi connectivity index (χ1v) is 7.32. The number of rotatable bonds is 4. The standard InChI is InChI=1S/C16H16N2O6/c1-23-13-7-17-14(11-5-3-2-4-10(11)13)24-9-6-12(15(19)20)18(8-9)16(21)22/h2-5,7,9,12H,6,8H2,1H3,(H,19,20)(H,21,22). The SMILES string of the molecule is COc1cnc(OC2CC(C(=O)O)N(C(=O)O)C2)c2ccccc12. The van der Waals surface area contributed by atoms with Crippen LogP contribution in [0.15, 0.2) is 30.5 Å². The number of carboxylic acid groups (broad SMARTS) is 2. The maximum absolute atomic E-state index is 11.2. The molecular weight excluding hydrogens is 316 g/mol. The largest absolute Gasteiger partial charge is 0.494 e. The Kier molecular flexibility index (Phi) is 4.11. The summed E-state index contributed by atoms with van der Waals surface area (Å²) in [7, 11) is 1.54. The topological polar surface area (TPSA) is 109 Å². The number of hydrogen-bond donors (Lipinski definition) is 2. The molecule has 1 aromatic carbocycles. The van der Waals surface area contributed by atoms with Gasteiger partial charge in [0, 0.05) is 17.2 Å². The lowest BCUT2D eigenvalue weighted by atomic mass is 10.1. The van der Waals surface area contributed by atoms with Gasteiger partial charge in [0.2, 0.25) is 5.88 Å². The summed E-state index contributed by atoms with van der Waals surface area (Å²) in [5.41, 5.74) is 0. The zero-order valence-electron chi connectivity index (χ0n) is 12.9. The van der Waals surface area contributed by atoms with Gasteiger partial charge < -0.3 is 19.7 Å². The summed E-state index contributed by atoms with van der Waals surface area (Å²) in [6.07, 6.45) is -0.257. The average molecular weight is 332 g/mol. The third kappa shape index (κ3) is 2.78. The molecule has 1 saturated heterocycles. The van der Waals surface area contributed by atoms with E-state index in [2.05, 4.69) is 4.98 Å². The minimum absolute atomic E-state index is 0.0195. The molecule has 2 unspecified atom stereocenters. The third-order valence-electron chi connectivity index (χ3n) is 4.01. The van der Waals surface area contributed by atoms with Crippen LogP contribution < -0.4 is 9.47 Å². The highest BCUT2D eigenvalue weighted by Gasteiger charge is 2.41. The molecule has 1 aliphatic rings. The lowest BCUT2D eigenvalue weighted by molar-refractivity contribution is -0.141. The number of aromatic nitrogens is 1. The van der Waals surface area contributed by atoms with E-state index in [1.807, 2.05) is 24.3 Å². The lowest BCUT2D eigenvalue weighted by Gasteiger charge is -2.17. The van der Waals surface area contributed by atoms with Crippen molar-refractivity contribution in [1.29, 1.82) is 0 Å². The molecule has 1 fully saturated rings. The first kappa shape index (κ1) is 15.9. The Hall–Kier alpha value is -3.03. The highest BCUT2D eigenvalue weighted by molar-refractivity contribution is 5.91. The predicted molar refractivity (Wildman–Crippen MR) is 83.5 cm³/mol. The van der Waals surface area contributed by atoms with Crippen molar-refractivity contribution in [3.05, 3.63) is 30.5 Å². The minimum atomic E-state index is -1.28. The first-order chi connectivity index (χ1) is 11.5. The smallest absolute Gasteiger partial charge is 0.408 e. The fourth-order valence-corrected chi connectivity index (χ4v) is 2.88. The molecule has 2 N–H and O–H groups in total. The van der Waals surface area contributed by atoms with E-state index in [1.165, 1.54) is 6.20 Å². The number of benzene rings is 1. The Bertz CT molecular complexity index is 771. The van der Waals surface area contributed by atoms with Crippen molar-refractivity contribution < 1.29 is 29.3 Å². The van der Waals surface area contributed by atoms with Crippen molar-refractivity contribution in [1.82, 2.24) is 9.88 Å². The maximum atomic E-state index is 11.2. The number of aliphatic carboxylic acids is 1. The summed E-state index contributed by atoms with van der Waals surface area (Å²) in [6.45, 7) is -0.0195. The number of amides is 1. The molecule has 0 saturated carbocycles. The maximum Gasteiger partial charge on any atom is 0.408 e. The van der Waals surface area contributed by atoms with Crippen molar-refractivity contribution >= 4 is 22.8 Å². The fraction of sp³-hybridized carbons (Fsp3) is 0.312. The number of methoxy groups -OCH3 is 1. The highest BCUT2D eigenvalue weighted by Crippen LogP contribution is 2.32. The molecule has 3 rings (SSSR count). The van der Waals surface area contributed by atoms with Gasteiger partial charge >= 0.3 is 12.1 Å². The second-order valence-corrected chi connectivity index (χ2v) is 5.44. The van der Waals surface area contributed by atoms with Crippen molar-refractivity contribution in [2.45, 2.75) is 18.6 Å². The van der Waals surface area contributed by atoms with E-state index in [0.29, 0.717) is 11.6 Å². The van der Waals surface area contributed by atoms with Crippen LogP contribution in [-0.2, 0) is 4.79 Å². The molecule has 2 atom stereocenters. The molecule has 8 nitrogen and oxygen atoms in total. The van der Waals surface area contributed by atoms with Crippen LogP contribution in [-0.4, -0.2) is 58.0 Å². The zero-order chi connectivity index (χ0) is 17.3. The summed E-state index contributed by atoms with van der Waals surface area (Å²) < 4.78 is 11.1. The number of carboxylic acids is 1. The number of fused-ring (bicyclic) bond motifs is 1. The molecule has 0 bridgehead atoms. The Labute approximate surface area is 137 Å². The summed E-state index contributed by atoms with van der Waals surface area (Å²) >= 11 is 0. The van der Waals surface area contributed by atoms with Gasteiger partial charge in [-0.2, -0.15) is 0 Å². The van der Waals surface area contributed by atoms with Crippen LogP contribution in [0.4, 0.5) is 4.79 Å². The fourth-order valence-electron chi connectivity index (χ4n) is 2.88. The van der Waals surface area contributed by atoms with Crippen LogP contribution in [0.25, 0.3) is 10.8 Å². The molecule has 0 aliphatic carbocycles. The van der Waals surface area contributed by atoms with Crippen LogP contribution in [0.3, 0.4) is 0 Å². The molecule has 2 heterocycles. The number of likely N-dealkylation sites (tertiary alicyclic amines) is 1. The molecule has 0 spiro atoms. The number of carbonyl (C=O) groups is 2. The second-order valence-electron chi connectivity index (χ2n) is 5.44. The van der Waals surface area contributed by atoms with Crippen molar-refractivity contribution in [2.24, 2.45) is 0 Å². The zero-order valence-corrected chi connectivity index (χ0v) is 12.9. The Morgan fingerprint density at radius 2 is 1.96 bits per heavy atom. The van der Waals surface area contributed by atoms with Crippen LogP contribution in [0, 0.1) is 0 Å². The Morgan fingerprint density at radius 3 is 2.54 bits per heavy atom. The van der Waals surface area contributed by atoms with Crippen LogP contribution in [0.1, 0.15) is 6.42 Å². The van der Waals surface area contributed by atoms with Gasteiger partial charge in [-0.3, -0.25) is 4.90 Å². The molecule has 1 aliphatic heterocycles. The summed E-state index contributed by atoms with van der Waals surface area (Å²) in [5, 5.41) is 19.8. The molecule has 1 amide bonds. The summed E-state index contributed by atoms with van der Waals surface area (Å²) in [4.78, 5) is 27.5. The van der Waals surface area contributed by atoms with Gasteiger partial charge in [0.25, 0.3) is 0 Å². The minimum Gasteiger partial charge on any atom is -0.494 e. The second kappa shape index (κ2) is 6.23. The van der Waals surface area contributed by atoms with Crippen LogP contribution >= 0.6 is 0 Å². The van der Waals surface area contributed by atoms with E-state index < -0.39 is 24.2 Å². The van der Waals surface area contributed by atoms with Gasteiger partial charge in [-0.05, 0) is 6.07 Å². The van der Waals surface area contributed by atoms with E-state index in [9.17, 15) is 9.59 Å². The van der Waals surface area contributed by atoms with E-state index >= 15 is 0 Å². The van der Waals surface area contributed by atoms with Crippen molar-refractivity contribution in [3.63, 3.8) is 0 Å². The number of nitrogens with zero attached hydrogens (tertiary/aromatic N) is 2. The number of hydrogen-bond acceptors (Lipinski definition) is 5. The van der Waals surface area contributed by atoms with Crippen LogP contribution in [0.2, 0.25) is 0 Å². The van der Waals surface area contributed by atoms with Crippen LogP contribution in [0.5, 0.6) is 11.6 Å². The molecule has 1 aromatic heterocycles. The Morgan fingerprint density at radius 1 is 1.25 bits per heavy atom. The Balaban J connectivity index is 1.88. The quantitative estimate of drug-likeness (QED) is 0.879. The molecule has 8 heteroatoms. The van der Waals surface area contributed by atoms with Gasteiger partial charge in [0.05, 0.1) is 19.9 Å². The van der Waals surface area contributed by atoms with E-state index in [0.717, 1.165) is 15.7 Å². The van der Waals surface area contributed by atoms with Crippen molar-refractivity contribution in [3.8, 4) is 11.6 Å². The number of pyridine rings is 1. The highest BCUT2D eigenvalue weighted by atomic mass is 16.5. The lowest BCUT2D eigenvalue weighted by Crippen LogP contribution is -2.39.